The molecule has 100 valence electrons. The summed E-state index contributed by atoms with van der Waals surface area (Å²) < 4.78 is 0. The third kappa shape index (κ3) is 2.36. The Balaban J connectivity index is 2.11. The van der Waals surface area contributed by atoms with E-state index in [0.29, 0.717) is 6.54 Å². The van der Waals surface area contributed by atoms with E-state index in [-0.39, 0.29) is 6.54 Å². The number of aliphatic carboxylic acids is 1. The van der Waals surface area contributed by atoms with Gasteiger partial charge in [-0.1, -0.05) is 48.5 Å². The SMILES string of the molecule is O=C(O)CNCc1cc2ccccc2c2ccccc12. The fourth-order valence-electron chi connectivity index (χ4n) is 2.58. The van der Waals surface area contributed by atoms with Crippen LogP contribution in [0.2, 0.25) is 0 Å². The first-order valence-electron chi connectivity index (χ1n) is 6.57. The summed E-state index contributed by atoms with van der Waals surface area (Å²) in [6.45, 7) is 0.527. The summed E-state index contributed by atoms with van der Waals surface area (Å²) in [7, 11) is 0. The second-order valence-corrected chi connectivity index (χ2v) is 4.80. The highest BCUT2D eigenvalue weighted by atomic mass is 16.4. The number of carbonyl (C=O) groups is 1. The van der Waals surface area contributed by atoms with E-state index >= 15 is 0 Å². The van der Waals surface area contributed by atoms with Gasteiger partial charge in [-0.05, 0) is 33.2 Å². The quantitative estimate of drug-likeness (QED) is 0.712. The van der Waals surface area contributed by atoms with Crippen molar-refractivity contribution in [1.29, 1.82) is 0 Å². The van der Waals surface area contributed by atoms with Crippen LogP contribution in [-0.2, 0) is 11.3 Å². The van der Waals surface area contributed by atoms with Gasteiger partial charge in [-0.2, -0.15) is 0 Å². The molecule has 0 aromatic heterocycles. The Labute approximate surface area is 116 Å². The molecule has 0 aliphatic carbocycles. The molecule has 0 aliphatic heterocycles. The lowest BCUT2D eigenvalue weighted by molar-refractivity contribution is -0.135. The molecule has 0 radical (unpaired) electrons. The molecule has 0 fully saturated rings. The minimum absolute atomic E-state index is 0.0266. The van der Waals surface area contributed by atoms with Crippen LogP contribution in [0.4, 0.5) is 0 Å². The molecule has 2 N–H and O–H groups in total. The molecule has 0 saturated heterocycles. The second-order valence-electron chi connectivity index (χ2n) is 4.80. The van der Waals surface area contributed by atoms with Gasteiger partial charge >= 0.3 is 5.97 Å². The van der Waals surface area contributed by atoms with Gasteiger partial charge in [0.2, 0.25) is 0 Å². The highest BCUT2D eigenvalue weighted by molar-refractivity contribution is 6.08. The van der Waals surface area contributed by atoms with Crippen molar-refractivity contribution in [3.05, 3.63) is 60.2 Å². The molecular weight excluding hydrogens is 250 g/mol. The standard InChI is InChI=1S/C17H15NO2/c19-17(20)11-18-10-13-9-12-5-1-2-6-14(12)16-8-4-3-7-15(13)16/h1-9,18H,10-11H2,(H,19,20). The monoisotopic (exact) mass is 265 g/mol. The van der Waals surface area contributed by atoms with Crippen LogP contribution in [0.5, 0.6) is 0 Å². The van der Waals surface area contributed by atoms with Crippen LogP contribution in [0, 0.1) is 0 Å². The van der Waals surface area contributed by atoms with Gasteiger partial charge in [0.15, 0.2) is 0 Å². The fourth-order valence-corrected chi connectivity index (χ4v) is 2.58. The first-order valence-corrected chi connectivity index (χ1v) is 6.57. The van der Waals surface area contributed by atoms with Crippen molar-refractivity contribution in [3.63, 3.8) is 0 Å². The van der Waals surface area contributed by atoms with E-state index in [2.05, 4.69) is 35.6 Å². The van der Waals surface area contributed by atoms with Crippen molar-refractivity contribution in [3.8, 4) is 0 Å². The molecule has 20 heavy (non-hydrogen) atoms. The summed E-state index contributed by atoms with van der Waals surface area (Å²) in [5.41, 5.74) is 1.13. The Kier molecular flexibility index (Phi) is 3.35. The molecule has 3 heteroatoms. The Hall–Kier alpha value is -2.39. The van der Waals surface area contributed by atoms with Crippen molar-refractivity contribution in [2.45, 2.75) is 6.54 Å². The molecule has 3 aromatic carbocycles. The van der Waals surface area contributed by atoms with Crippen LogP contribution < -0.4 is 5.32 Å². The maximum Gasteiger partial charge on any atom is 0.317 e. The smallest absolute Gasteiger partial charge is 0.317 e. The van der Waals surface area contributed by atoms with Crippen LogP contribution in [0.15, 0.2) is 54.6 Å². The fraction of sp³-hybridized carbons (Fsp3) is 0.118. The molecule has 0 atom stereocenters. The van der Waals surface area contributed by atoms with E-state index < -0.39 is 5.97 Å². The van der Waals surface area contributed by atoms with E-state index in [0.717, 1.165) is 5.56 Å². The lowest BCUT2D eigenvalue weighted by Crippen LogP contribution is -2.21. The molecule has 0 unspecified atom stereocenters. The van der Waals surface area contributed by atoms with Gasteiger partial charge < -0.3 is 10.4 Å². The third-order valence-corrected chi connectivity index (χ3v) is 3.45. The van der Waals surface area contributed by atoms with Crippen molar-refractivity contribution in [1.82, 2.24) is 5.32 Å². The zero-order valence-corrected chi connectivity index (χ0v) is 11.0. The topological polar surface area (TPSA) is 49.3 Å². The molecule has 3 rings (SSSR count). The van der Waals surface area contributed by atoms with Gasteiger partial charge in [-0.15, -0.1) is 0 Å². The number of rotatable bonds is 4. The number of hydrogen-bond donors (Lipinski definition) is 2. The van der Waals surface area contributed by atoms with Crippen LogP contribution in [0.25, 0.3) is 21.5 Å². The molecule has 0 bridgehead atoms. The molecule has 0 heterocycles. The predicted octanol–water partition coefficient (Wildman–Crippen LogP) is 3.17. The normalized spacial score (nSPS) is 11.0. The molecule has 0 saturated carbocycles. The number of carboxylic acids is 1. The van der Waals surface area contributed by atoms with Crippen molar-refractivity contribution >= 4 is 27.5 Å². The highest BCUT2D eigenvalue weighted by Crippen LogP contribution is 2.28. The zero-order valence-electron chi connectivity index (χ0n) is 11.0. The van der Waals surface area contributed by atoms with Crippen LogP contribution in [0.3, 0.4) is 0 Å². The Morgan fingerprint density at radius 3 is 2.35 bits per heavy atom. The van der Waals surface area contributed by atoms with E-state index in [1.807, 2.05) is 24.3 Å². The second kappa shape index (κ2) is 5.31. The average molecular weight is 265 g/mol. The van der Waals surface area contributed by atoms with Gasteiger partial charge in [0, 0.05) is 6.54 Å². The summed E-state index contributed by atoms with van der Waals surface area (Å²) in [5, 5.41) is 16.5. The molecule has 0 amide bonds. The Morgan fingerprint density at radius 1 is 0.950 bits per heavy atom. The zero-order chi connectivity index (χ0) is 13.9. The maximum absolute atomic E-state index is 10.6. The Bertz CT molecular complexity index is 780. The van der Waals surface area contributed by atoms with Gasteiger partial charge in [0.1, 0.15) is 0 Å². The van der Waals surface area contributed by atoms with Gasteiger partial charge in [-0.25, -0.2) is 0 Å². The average Bonchev–Trinajstić information content (AvgIpc) is 2.47. The van der Waals surface area contributed by atoms with Crippen molar-refractivity contribution < 1.29 is 9.90 Å². The van der Waals surface area contributed by atoms with Crippen LogP contribution in [0.1, 0.15) is 5.56 Å². The molecular formula is C17H15NO2. The van der Waals surface area contributed by atoms with Gasteiger partial charge in [0.05, 0.1) is 6.54 Å². The number of carboxylic acid groups (broad SMARTS) is 1. The van der Waals surface area contributed by atoms with E-state index in [1.54, 1.807) is 0 Å². The summed E-state index contributed by atoms with van der Waals surface area (Å²) in [6, 6.07) is 18.6. The number of hydrogen-bond acceptors (Lipinski definition) is 2. The minimum atomic E-state index is -0.838. The first-order chi connectivity index (χ1) is 9.75. The van der Waals surface area contributed by atoms with E-state index in [9.17, 15) is 4.79 Å². The lowest BCUT2D eigenvalue weighted by Gasteiger charge is -2.10. The highest BCUT2D eigenvalue weighted by Gasteiger charge is 2.06. The third-order valence-electron chi connectivity index (χ3n) is 3.45. The van der Waals surface area contributed by atoms with E-state index in [1.165, 1.54) is 21.5 Å². The summed E-state index contributed by atoms with van der Waals surface area (Å²) >= 11 is 0. The maximum atomic E-state index is 10.6. The van der Waals surface area contributed by atoms with Gasteiger partial charge in [-0.3, -0.25) is 4.79 Å². The van der Waals surface area contributed by atoms with Crippen molar-refractivity contribution in [2.75, 3.05) is 6.54 Å². The minimum Gasteiger partial charge on any atom is -0.480 e. The predicted molar refractivity (Wildman–Crippen MR) is 80.8 cm³/mol. The molecule has 3 aromatic rings. The summed E-state index contributed by atoms with van der Waals surface area (Å²) in [6.07, 6.45) is 0. The van der Waals surface area contributed by atoms with Gasteiger partial charge in [0.25, 0.3) is 0 Å². The number of benzene rings is 3. The first kappa shape index (κ1) is 12.6. The molecule has 0 aliphatic rings. The molecule has 3 nitrogen and oxygen atoms in total. The summed E-state index contributed by atoms with van der Waals surface area (Å²) in [5.74, 6) is -0.838. The van der Waals surface area contributed by atoms with Crippen molar-refractivity contribution in [2.24, 2.45) is 0 Å². The van der Waals surface area contributed by atoms with E-state index in [4.69, 9.17) is 5.11 Å². The largest absolute Gasteiger partial charge is 0.480 e. The van der Waals surface area contributed by atoms with Crippen LogP contribution >= 0.6 is 0 Å². The van der Waals surface area contributed by atoms with Crippen LogP contribution in [-0.4, -0.2) is 17.6 Å². The summed E-state index contributed by atoms with van der Waals surface area (Å²) in [4.78, 5) is 10.6. The lowest BCUT2D eigenvalue weighted by atomic mass is 9.97. The number of nitrogens with one attached hydrogen (secondary N) is 1. The molecule has 0 spiro atoms. The Morgan fingerprint density at radius 2 is 1.60 bits per heavy atom. The number of fused-ring (bicyclic) bond motifs is 3.